The molecule has 0 unspecified atom stereocenters. The fourth-order valence-corrected chi connectivity index (χ4v) is 12.9. The van der Waals surface area contributed by atoms with Crippen LogP contribution in [0, 0.1) is 0 Å². The summed E-state index contributed by atoms with van der Waals surface area (Å²) in [5.74, 6) is 0. The van der Waals surface area contributed by atoms with E-state index in [4.69, 9.17) is 0 Å². The van der Waals surface area contributed by atoms with Crippen LogP contribution in [-0.2, 0) is 12.8 Å². The van der Waals surface area contributed by atoms with E-state index in [0.29, 0.717) is 0 Å². The SMILES string of the molecule is CCCc1c(CCC)c([Si](c2ccccc2)(c2ccccc2)C(C)(C)C)n(-c2ccccc2)c1-c1ccccc1. The Hall–Kier alpha value is -3.62. The van der Waals surface area contributed by atoms with E-state index in [1.807, 2.05) is 0 Å². The lowest BCUT2D eigenvalue weighted by Gasteiger charge is -2.45. The Labute approximate surface area is 242 Å². The van der Waals surface area contributed by atoms with E-state index in [-0.39, 0.29) is 5.04 Å². The molecule has 1 nitrogen and oxygen atoms in total. The van der Waals surface area contributed by atoms with Crippen LogP contribution in [0.5, 0.6) is 0 Å². The number of aromatic nitrogens is 1. The molecule has 1 heterocycles. The molecule has 0 saturated carbocycles. The van der Waals surface area contributed by atoms with Gasteiger partial charge in [0.15, 0.2) is 8.07 Å². The van der Waals surface area contributed by atoms with Gasteiger partial charge in [-0.2, -0.15) is 0 Å². The molecular weight excluding hydrogens is 499 g/mol. The number of nitrogens with zero attached hydrogens (tertiary/aromatic N) is 1. The topological polar surface area (TPSA) is 4.93 Å². The average molecular weight is 542 g/mol. The molecule has 2 heteroatoms. The molecule has 1 aromatic heterocycles. The van der Waals surface area contributed by atoms with Gasteiger partial charge < -0.3 is 4.57 Å². The van der Waals surface area contributed by atoms with Gasteiger partial charge in [-0.1, -0.05) is 157 Å². The quantitative estimate of drug-likeness (QED) is 0.165. The summed E-state index contributed by atoms with van der Waals surface area (Å²) >= 11 is 0. The summed E-state index contributed by atoms with van der Waals surface area (Å²) in [7, 11) is -2.64. The number of benzene rings is 4. The van der Waals surface area contributed by atoms with Gasteiger partial charge in [0.2, 0.25) is 0 Å². The first kappa shape index (κ1) is 27.9. The van der Waals surface area contributed by atoms with Crippen molar-refractivity contribution in [1.82, 2.24) is 4.57 Å². The van der Waals surface area contributed by atoms with Gasteiger partial charge in [-0.05, 0) is 57.1 Å². The lowest BCUT2D eigenvalue weighted by molar-refractivity contribution is 0.736. The van der Waals surface area contributed by atoms with E-state index < -0.39 is 8.07 Å². The van der Waals surface area contributed by atoms with Gasteiger partial charge >= 0.3 is 0 Å². The summed E-state index contributed by atoms with van der Waals surface area (Å²) in [5.41, 5.74) is 7.03. The molecule has 0 radical (unpaired) electrons. The van der Waals surface area contributed by atoms with Crippen LogP contribution in [0.15, 0.2) is 121 Å². The third-order valence-electron chi connectivity index (χ3n) is 8.34. The number of rotatable bonds is 9. The minimum atomic E-state index is -2.64. The Morgan fingerprint density at radius 1 is 0.550 bits per heavy atom. The Kier molecular flexibility index (Phi) is 8.28. The fraction of sp³-hybridized carbons (Fsp3) is 0.263. The lowest BCUT2D eigenvalue weighted by Crippen LogP contribution is -2.74. The van der Waals surface area contributed by atoms with Crippen molar-refractivity contribution < 1.29 is 0 Å². The Morgan fingerprint density at radius 2 is 0.975 bits per heavy atom. The average Bonchev–Trinajstić information content (AvgIpc) is 3.29. The fourth-order valence-electron chi connectivity index (χ4n) is 6.87. The number of hydrogen-bond donors (Lipinski definition) is 0. The monoisotopic (exact) mass is 541 g/mol. The summed E-state index contributed by atoms with van der Waals surface area (Å²) in [6.45, 7) is 12.1. The summed E-state index contributed by atoms with van der Waals surface area (Å²) in [4.78, 5) is 0. The maximum atomic E-state index is 2.70. The van der Waals surface area contributed by atoms with Crippen molar-refractivity contribution in [3.63, 3.8) is 0 Å². The van der Waals surface area contributed by atoms with Crippen LogP contribution in [0.4, 0.5) is 0 Å². The highest BCUT2D eigenvalue weighted by atomic mass is 28.3. The van der Waals surface area contributed by atoms with Crippen LogP contribution in [0.1, 0.15) is 58.6 Å². The highest BCUT2D eigenvalue weighted by Gasteiger charge is 2.53. The van der Waals surface area contributed by atoms with Crippen LogP contribution in [0.3, 0.4) is 0 Å². The van der Waals surface area contributed by atoms with Crippen LogP contribution in [0.2, 0.25) is 5.04 Å². The Bertz CT molecular complexity index is 1470. The minimum absolute atomic E-state index is 0.000520. The minimum Gasteiger partial charge on any atom is -0.316 e. The molecule has 0 amide bonds. The predicted octanol–water partition coefficient (Wildman–Crippen LogP) is 8.32. The van der Waals surface area contributed by atoms with Gasteiger partial charge in [0.1, 0.15) is 0 Å². The molecule has 0 aliphatic rings. The van der Waals surface area contributed by atoms with Crippen molar-refractivity contribution in [3.8, 4) is 16.9 Å². The molecule has 0 bridgehead atoms. The van der Waals surface area contributed by atoms with Crippen molar-refractivity contribution in [3.05, 3.63) is 132 Å². The van der Waals surface area contributed by atoms with Gasteiger partial charge in [-0.25, -0.2) is 0 Å². The highest BCUT2D eigenvalue weighted by Crippen LogP contribution is 2.41. The maximum Gasteiger partial charge on any atom is 0.174 e. The first-order chi connectivity index (χ1) is 19.4. The van der Waals surface area contributed by atoms with E-state index in [1.54, 1.807) is 10.9 Å². The van der Waals surface area contributed by atoms with Crippen molar-refractivity contribution >= 4 is 23.8 Å². The molecule has 5 rings (SSSR count). The van der Waals surface area contributed by atoms with Crippen molar-refractivity contribution in [2.24, 2.45) is 0 Å². The van der Waals surface area contributed by atoms with Gasteiger partial charge in [-0.3, -0.25) is 0 Å². The summed E-state index contributed by atoms with van der Waals surface area (Å²) in [5, 5.41) is 4.50. The van der Waals surface area contributed by atoms with E-state index in [1.165, 1.54) is 32.9 Å². The zero-order valence-corrected chi connectivity index (χ0v) is 25.8. The molecule has 0 spiro atoms. The van der Waals surface area contributed by atoms with E-state index in [0.717, 1.165) is 25.7 Å². The van der Waals surface area contributed by atoms with Crippen LogP contribution in [0.25, 0.3) is 16.9 Å². The first-order valence-corrected chi connectivity index (χ1v) is 16.9. The van der Waals surface area contributed by atoms with E-state index in [2.05, 4.69) is 161 Å². The van der Waals surface area contributed by atoms with Gasteiger partial charge in [0.25, 0.3) is 0 Å². The van der Waals surface area contributed by atoms with E-state index >= 15 is 0 Å². The number of hydrogen-bond acceptors (Lipinski definition) is 0. The zero-order chi connectivity index (χ0) is 28.2. The highest BCUT2D eigenvalue weighted by molar-refractivity contribution is 7.13. The van der Waals surface area contributed by atoms with Crippen molar-refractivity contribution in [2.45, 2.75) is 65.3 Å². The van der Waals surface area contributed by atoms with Crippen LogP contribution in [-0.4, -0.2) is 12.6 Å². The molecule has 0 aliphatic heterocycles. The van der Waals surface area contributed by atoms with Crippen LogP contribution < -0.4 is 15.7 Å². The first-order valence-electron chi connectivity index (χ1n) is 14.9. The van der Waals surface area contributed by atoms with Gasteiger partial charge in [0.05, 0.1) is 5.69 Å². The smallest absolute Gasteiger partial charge is 0.174 e. The van der Waals surface area contributed by atoms with Gasteiger partial charge in [0, 0.05) is 11.0 Å². The molecule has 204 valence electrons. The summed E-state index contributed by atoms with van der Waals surface area (Å²) in [6, 6.07) is 45.2. The lowest BCUT2D eigenvalue weighted by atomic mass is 9.98. The number of para-hydroxylation sites is 1. The predicted molar refractivity (Wildman–Crippen MR) is 176 cm³/mol. The molecular formula is C38H43NSi. The summed E-state index contributed by atoms with van der Waals surface area (Å²) < 4.78 is 2.70. The second-order valence-corrected chi connectivity index (χ2v) is 16.6. The molecule has 0 fully saturated rings. The maximum absolute atomic E-state index is 2.70. The third kappa shape index (κ3) is 4.79. The molecule has 4 aromatic carbocycles. The molecule has 0 saturated heterocycles. The molecule has 0 atom stereocenters. The molecule has 5 aromatic rings. The standard InChI is InChI=1S/C38H43NSi/c1-6-20-34-35(21-7-2)37(39(31-24-14-9-15-25-31)36(34)30-22-12-8-13-23-30)40(38(3,4)5,32-26-16-10-17-27-32)33-28-18-11-19-29-33/h8-19,22-29H,6-7,20-21H2,1-5H3. The molecule has 40 heavy (non-hydrogen) atoms. The van der Waals surface area contributed by atoms with Crippen LogP contribution >= 0.6 is 0 Å². The Balaban J connectivity index is 2.09. The largest absolute Gasteiger partial charge is 0.316 e. The molecule has 0 N–H and O–H groups in total. The Morgan fingerprint density at radius 3 is 1.43 bits per heavy atom. The zero-order valence-electron chi connectivity index (χ0n) is 24.8. The second-order valence-electron chi connectivity index (χ2n) is 11.9. The van der Waals surface area contributed by atoms with Crippen molar-refractivity contribution in [1.29, 1.82) is 0 Å². The normalized spacial score (nSPS) is 12.0. The summed E-state index contributed by atoms with van der Waals surface area (Å²) in [6.07, 6.45) is 4.39. The van der Waals surface area contributed by atoms with Gasteiger partial charge in [-0.15, -0.1) is 0 Å². The van der Waals surface area contributed by atoms with Crippen molar-refractivity contribution in [2.75, 3.05) is 0 Å². The molecule has 0 aliphatic carbocycles. The third-order valence-corrected chi connectivity index (χ3v) is 14.2. The second kappa shape index (κ2) is 11.9. The van der Waals surface area contributed by atoms with E-state index in [9.17, 15) is 0 Å².